The van der Waals surface area contributed by atoms with Crippen molar-refractivity contribution in [2.75, 3.05) is 18.4 Å². The highest BCUT2D eigenvalue weighted by atomic mass is 79.9. The normalized spacial score (nSPS) is 27.8. The van der Waals surface area contributed by atoms with Crippen LogP contribution in [0.15, 0.2) is 0 Å². The molecule has 1 atom stereocenters. The summed E-state index contributed by atoms with van der Waals surface area (Å²) in [5.74, 6) is 1.48. The lowest BCUT2D eigenvalue weighted by atomic mass is 9.90. The molecule has 1 unspecified atom stereocenters. The number of hydrogen-bond donors (Lipinski definition) is 0. The SMILES string of the molecule is O=C(C1CCCCCCC1)N1CCC(CBr)C1. The van der Waals surface area contributed by atoms with Crippen molar-refractivity contribution in [3.05, 3.63) is 0 Å². The Labute approximate surface area is 113 Å². The van der Waals surface area contributed by atoms with Gasteiger partial charge in [0, 0.05) is 24.3 Å². The number of carbonyl (C=O) groups is 1. The Hall–Kier alpha value is -0.0500. The van der Waals surface area contributed by atoms with Crippen LogP contribution in [0.3, 0.4) is 0 Å². The summed E-state index contributed by atoms with van der Waals surface area (Å²) in [6.45, 7) is 1.98. The molecule has 0 aromatic carbocycles. The van der Waals surface area contributed by atoms with E-state index in [1.165, 1.54) is 38.5 Å². The molecular formula is C14H24BrNO. The zero-order valence-corrected chi connectivity index (χ0v) is 12.3. The molecule has 2 rings (SSSR count). The van der Waals surface area contributed by atoms with Crippen LogP contribution in [0.1, 0.15) is 51.4 Å². The van der Waals surface area contributed by atoms with E-state index in [1.807, 2.05) is 0 Å². The zero-order valence-electron chi connectivity index (χ0n) is 10.7. The van der Waals surface area contributed by atoms with Gasteiger partial charge in [-0.05, 0) is 25.2 Å². The molecule has 17 heavy (non-hydrogen) atoms. The van der Waals surface area contributed by atoms with Gasteiger partial charge in [0.15, 0.2) is 0 Å². The third kappa shape index (κ3) is 3.70. The highest BCUT2D eigenvalue weighted by Gasteiger charge is 2.30. The lowest BCUT2D eigenvalue weighted by Crippen LogP contribution is -2.35. The van der Waals surface area contributed by atoms with E-state index in [0.717, 1.165) is 31.3 Å². The largest absolute Gasteiger partial charge is 0.342 e. The molecule has 1 amide bonds. The van der Waals surface area contributed by atoms with Gasteiger partial charge in [0.05, 0.1) is 0 Å². The van der Waals surface area contributed by atoms with Crippen molar-refractivity contribution in [3.63, 3.8) is 0 Å². The number of rotatable bonds is 2. The molecule has 98 valence electrons. The van der Waals surface area contributed by atoms with Gasteiger partial charge >= 0.3 is 0 Å². The van der Waals surface area contributed by atoms with Crippen molar-refractivity contribution in [1.82, 2.24) is 4.90 Å². The molecule has 0 bridgehead atoms. The first-order valence-electron chi connectivity index (χ1n) is 7.16. The maximum Gasteiger partial charge on any atom is 0.225 e. The summed E-state index contributed by atoms with van der Waals surface area (Å²) >= 11 is 3.53. The van der Waals surface area contributed by atoms with Gasteiger partial charge in [-0.1, -0.05) is 48.0 Å². The minimum atomic E-state index is 0.337. The number of nitrogens with zero attached hydrogens (tertiary/aromatic N) is 1. The molecule has 2 fully saturated rings. The number of likely N-dealkylation sites (tertiary alicyclic amines) is 1. The van der Waals surface area contributed by atoms with E-state index in [-0.39, 0.29) is 0 Å². The average Bonchev–Trinajstić information content (AvgIpc) is 2.76. The Balaban J connectivity index is 1.85. The summed E-state index contributed by atoms with van der Waals surface area (Å²) in [7, 11) is 0. The molecular weight excluding hydrogens is 278 g/mol. The van der Waals surface area contributed by atoms with Crippen molar-refractivity contribution >= 4 is 21.8 Å². The Morgan fingerprint density at radius 2 is 1.71 bits per heavy atom. The Morgan fingerprint density at radius 1 is 1.06 bits per heavy atom. The van der Waals surface area contributed by atoms with Crippen molar-refractivity contribution in [3.8, 4) is 0 Å². The number of halogens is 1. The lowest BCUT2D eigenvalue weighted by molar-refractivity contribution is -0.135. The molecule has 2 aliphatic rings. The van der Waals surface area contributed by atoms with E-state index in [4.69, 9.17) is 0 Å². The van der Waals surface area contributed by atoms with Gasteiger partial charge in [-0.2, -0.15) is 0 Å². The summed E-state index contributed by atoms with van der Waals surface area (Å²) < 4.78 is 0. The average molecular weight is 302 g/mol. The zero-order chi connectivity index (χ0) is 12.1. The van der Waals surface area contributed by atoms with Crippen LogP contribution in [0.25, 0.3) is 0 Å². The van der Waals surface area contributed by atoms with Crippen LogP contribution in [0.4, 0.5) is 0 Å². The number of carbonyl (C=O) groups excluding carboxylic acids is 1. The van der Waals surface area contributed by atoms with Crippen molar-refractivity contribution in [1.29, 1.82) is 0 Å². The van der Waals surface area contributed by atoms with Crippen LogP contribution >= 0.6 is 15.9 Å². The van der Waals surface area contributed by atoms with Gasteiger partial charge in [0.25, 0.3) is 0 Å². The van der Waals surface area contributed by atoms with Crippen LogP contribution in [-0.4, -0.2) is 29.2 Å². The second-order valence-corrected chi connectivity index (χ2v) is 6.28. The summed E-state index contributed by atoms with van der Waals surface area (Å²) in [4.78, 5) is 14.6. The summed E-state index contributed by atoms with van der Waals surface area (Å²) in [6, 6.07) is 0. The minimum Gasteiger partial charge on any atom is -0.342 e. The van der Waals surface area contributed by atoms with Gasteiger partial charge in [0.1, 0.15) is 0 Å². The Kier molecular flexibility index (Phi) is 5.33. The second-order valence-electron chi connectivity index (χ2n) is 5.64. The first kappa shape index (κ1) is 13.4. The van der Waals surface area contributed by atoms with Crippen LogP contribution in [-0.2, 0) is 4.79 Å². The van der Waals surface area contributed by atoms with Crippen molar-refractivity contribution in [2.45, 2.75) is 51.4 Å². The van der Waals surface area contributed by atoms with Crippen LogP contribution in [0, 0.1) is 11.8 Å². The number of alkyl halides is 1. The quantitative estimate of drug-likeness (QED) is 0.714. The van der Waals surface area contributed by atoms with Crippen LogP contribution in [0.2, 0.25) is 0 Å². The smallest absolute Gasteiger partial charge is 0.225 e. The fourth-order valence-electron chi connectivity index (χ4n) is 3.12. The Morgan fingerprint density at radius 3 is 2.29 bits per heavy atom. The third-order valence-electron chi connectivity index (χ3n) is 4.27. The van der Waals surface area contributed by atoms with E-state index in [9.17, 15) is 4.79 Å². The highest BCUT2D eigenvalue weighted by molar-refractivity contribution is 9.09. The lowest BCUT2D eigenvalue weighted by Gasteiger charge is -2.25. The summed E-state index contributed by atoms with van der Waals surface area (Å²) in [5, 5.41) is 1.04. The number of amides is 1. The van der Waals surface area contributed by atoms with Crippen molar-refractivity contribution in [2.24, 2.45) is 11.8 Å². The summed E-state index contributed by atoms with van der Waals surface area (Å²) in [6.07, 6.45) is 9.99. The standard InChI is InChI=1S/C14H24BrNO/c15-10-12-8-9-16(11-12)14(17)13-6-4-2-1-3-5-7-13/h12-13H,1-11H2. The van der Waals surface area contributed by atoms with Gasteiger partial charge in [-0.15, -0.1) is 0 Å². The van der Waals surface area contributed by atoms with Gasteiger partial charge in [-0.3, -0.25) is 4.79 Å². The highest BCUT2D eigenvalue weighted by Crippen LogP contribution is 2.27. The fraction of sp³-hybridized carbons (Fsp3) is 0.929. The van der Waals surface area contributed by atoms with E-state index >= 15 is 0 Å². The molecule has 3 heteroatoms. The van der Waals surface area contributed by atoms with E-state index in [0.29, 0.717) is 17.7 Å². The molecule has 1 aliphatic heterocycles. The summed E-state index contributed by atoms with van der Waals surface area (Å²) in [5.41, 5.74) is 0. The predicted molar refractivity (Wildman–Crippen MR) is 74.3 cm³/mol. The molecule has 0 N–H and O–H groups in total. The van der Waals surface area contributed by atoms with E-state index in [1.54, 1.807) is 0 Å². The molecule has 0 aromatic heterocycles. The molecule has 0 aromatic rings. The van der Waals surface area contributed by atoms with Gasteiger partial charge < -0.3 is 4.90 Å². The fourth-order valence-corrected chi connectivity index (χ4v) is 3.65. The molecule has 1 saturated carbocycles. The maximum atomic E-state index is 12.4. The van der Waals surface area contributed by atoms with Gasteiger partial charge in [0.2, 0.25) is 5.91 Å². The molecule has 0 radical (unpaired) electrons. The Bertz CT molecular complexity index is 249. The van der Waals surface area contributed by atoms with E-state index < -0.39 is 0 Å². The van der Waals surface area contributed by atoms with E-state index in [2.05, 4.69) is 20.8 Å². The third-order valence-corrected chi connectivity index (χ3v) is 5.19. The first-order chi connectivity index (χ1) is 8.31. The minimum absolute atomic E-state index is 0.337. The monoisotopic (exact) mass is 301 g/mol. The van der Waals surface area contributed by atoms with Crippen LogP contribution < -0.4 is 0 Å². The molecule has 1 heterocycles. The predicted octanol–water partition coefficient (Wildman–Crippen LogP) is 3.59. The molecule has 1 saturated heterocycles. The van der Waals surface area contributed by atoms with Crippen molar-refractivity contribution < 1.29 is 4.79 Å². The molecule has 1 aliphatic carbocycles. The second kappa shape index (κ2) is 6.77. The molecule has 2 nitrogen and oxygen atoms in total. The van der Waals surface area contributed by atoms with Gasteiger partial charge in [-0.25, -0.2) is 0 Å². The number of hydrogen-bond acceptors (Lipinski definition) is 1. The topological polar surface area (TPSA) is 20.3 Å². The van der Waals surface area contributed by atoms with Crippen LogP contribution in [0.5, 0.6) is 0 Å². The first-order valence-corrected chi connectivity index (χ1v) is 8.28. The molecule has 0 spiro atoms. The maximum absolute atomic E-state index is 12.4.